The first-order valence-electron chi connectivity index (χ1n) is 26.8. The van der Waals surface area contributed by atoms with Gasteiger partial charge >= 0.3 is 0 Å². The number of hydrogen-bond acceptors (Lipinski definition) is 11. The molecular formula is C59H73N5O2S5. The van der Waals surface area contributed by atoms with Crippen LogP contribution in [-0.4, -0.2) is 36.5 Å². The lowest BCUT2D eigenvalue weighted by atomic mass is 10.0. The summed E-state index contributed by atoms with van der Waals surface area (Å²) >= 11 is 8.62. The van der Waals surface area contributed by atoms with Gasteiger partial charge in [-0.1, -0.05) is 129 Å². The smallest absolute Gasteiger partial charge is 0.164 e. The highest BCUT2D eigenvalue weighted by atomic mass is 32.1. The molecule has 12 heteroatoms. The molecule has 0 spiro atoms. The molecule has 7 heterocycles. The molecule has 0 saturated carbocycles. The highest BCUT2D eigenvalue weighted by Crippen LogP contribution is 2.50. The Balaban J connectivity index is 0.993. The summed E-state index contributed by atoms with van der Waals surface area (Å²) in [6.07, 6.45) is 26.1. The second-order valence-electron chi connectivity index (χ2n) is 19.8. The van der Waals surface area contributed by atoms with Gasteiger partial charge in [0, 0.05) is 46.5 Å². The molecule has 0 unspecified atom stereocenters. The molecule has 376 valence electrons. The van der Waals surface area contributed by atoms with Crippen molar-refractivity contribution < 1.29 is 9.47 Å². The fourth-order valence-corrected chi connectivity index (χ4v) is 15.0. The van der Waals surface area contributed by atoms with E-state index in [1.165, 1.54) is 167 Å². The van der Waals surface area contributed by atoms with Crippen LogP contribution in [0.15, 0.2) is 48.5 Å². The third-order valence-corrected chi connectivity index (χ3v) is 19.2. The van der Waals surface area contributed by atoms with Crippen molar-refractivity contribution in [1.82, 2.24) is 23.3 Å². The number of fused-ring (bicyclic) bond motifs is 5. The zero-order valence-corrected chi connectivity index (χ0v) is 47.4. The molecule has 2 aromatic carbocycles. The predicted molar refractivity (Wildman–Crippen MR) is 311 cm³/mol. The maximum absolute atomic E-state index is 6.78. The number of nitrogens with zero attached hydrogens (tertiary/aromatic N) is 5. The molecule has 9 aromatic rings. The number of rotatable bonds is 28. The quantitative estimate of drug-likeness (QED) is 0.0455. The Morgan fingerprint density at radius 2 is 0.958 bits per heavy atom. The van der Waals surface area contributed by atoms with Crippen LogP contribution < -0.4 is 9.47 Å². The van der Waals surface area contributed by atoms with Gasteiger partial charge in [-0.15, -0.1) is 45.3 Å². The van der Waals surface area contributed by atoms with Crippen LogP contribution in [0.2, 0.25) is 0 Å². The number of ether oxygens (including phenoxy) is 2. The predicted octanol–water partition coefficient (Wildman–Crippen LogP) is 20.1. The number of thiophene rings is 4. The summed E-state index contributed by atoms with van der Waals surface area (Å²) in [7, 11) is 0. The second-order valence-corrected chi connectivity index (χ2v) is 25.0. The summed E-state index contributed by atoms with van der Waals surface area (Å²) in [4.78, 5) is 17.8. The summed E-state index contributed by atoms with van der Waals surface area (Å²) in [5, 5.41) is 0. The van der Waals surface area contributed by atoms with E-state index in [1.54, 1.807) is 22.7 Å². The molecule has 0 amide bonds. The fourth-order valence-electron chi connectivity index (χ4n) is 10.1. The molecule has 7 nitrogen and oxygen atoms in total. The fraction of sp³-hybridized carbons (Fsp3) is 0.492. The van der Waals surface area contributed by atoms with E-state index in [1.807, 2.05) is 29.6 Å². The highest BCUT2D eigenvalue weighted by molar-refractivity contribution is 7.31. The Hall–Kier alpha value is -4.20. The minimum absolute atomic E-state index is 0.700. The lowest BCUT2D eigenvalue weighted by Crippen LogP contribution is -2.06. The van der Waals surface area contributed by atoms with Crippen molar-refractivity contribution in [2.24, 2.45) is 0 Å². The van der Waals surface area contributed by atoms with E-state index >= 15 is 0 Å². The van der Waals surface area contributed by atoms with Gasteiger partial charge < -0.3 is 14.0 Å². The Morgan fingerprint density at radius 1 is 0.451 bits per heavy atom. The lowest BCUT2D eigenvalue weighted by molar-refractivity contribution is 0.257. The van der Waals surface area contributed by atoms with Crippen molar-refractivity contribution >= 4 is 99.6 Å². The van der Waals surface area contributed by atoms with Crippen molar-refractivity contribution in [3.05, 3.63) is 75.2 Å². The molecule has 7 aromatic heterocycles. The Labute approximate surface area is 442 Å². The molecule has 0 N–H and O–H groups in total. The molecule has 0 radical (unpaired) electrons. The van der Waals surface area contributed by atoms with Gasteiger partial charge in [0.1, 0.15) is 22.1 Å². The largest absolute Gasteiger partial charge is 0.490 e. The molecule has 0 aliphatic heterocycles. The van der Waals surface area contributed by atoms with Gasteiger partial charge in [-0.3, -0.25) is 0 Å². The zero-order chi connectivity index (χ0) is 49.3. The van der Waals surface area contributed by atoms with E-state index in [0.717, 1.165) is 89.9 Å². The van der Waals surface area contributed by atoms with E-state index < -0.39 is 0 Å². The third kappa shape index (κ3) is 11.9. The Kier molecular flexibility index (Phi) is 18.0. The molecule has 0 fully saturated rings. The Morgan fingerprint density at radius 3 is 1.54 bits per heavy atom. The van der Waals surface area contributed by atoms with E-state index in [4.69, 9.17) is 28.2 Å². The zero-order valence-electron chi connectivity index (χ0n) is 43.3. The van der Waals surface area contributed by atoms with Crippen molar-refractivity contribution in [1.29, 1.82) is 0 Å². The number of hydrogen-bond donors (Lipinski definition) is 0. The van der Waals surface area contributed by atoms with Crippen LogP contribution in [0, 0.1) is 34.6 Å². The van der Waals surface area contributed by atoms with E-state index in [2.05, 4.69) is 94.6 Å². The van der Waals surface area contributed by atoms with Crippen molar-refractivity contribution in [3.63, 3.8) is 0 Å². The van der Waals surface area contributed by atoms with Gasteiger partial charge in [0.15, 0.2) is 11.5 Å². The van der Waals surface area contributed by atoms with Gasteiger partial charge in [0.05, 0.1) is 62.5 Å². The van der Waals surface area contributed by atoms with Crippen LogP contribution in [0.1, 0.15) is 169 Å². The number of unbranched alkanes of at least 4 members (excludes halogenated alkanes) is 18. The first-order valence-corrected chi connectivity index (χ1v) is 30.8. The topological polar surface area (TPSA) is 75.0 Å². The molecule has 0 aliphatic rings. The summed E-state index contributed by atoms with van der Waals surface area (Å²) in [6.45, 7) is 16.7. The van der Waals surface area contributed by atoms with Crippen LogP contribution in [0.25, 0.3) is 78.8 Å². The summed E-state index contributed by atoms with van der Waals surface area (Å²) < 4.78 is 28.4. The number of aryl methyl sites for hydroxylation is 5. The van der Waals surface area contributed by atoms with Gasteiger partial charge in [-0.25, -0.2) is 9.97 Å². The van der Waals surface area contributed by atoms with E-state index in [0.29, 0.717) is 13.2 Å². The van der Waals surface area contributed by atoms with E-state index in [9.17, 15) is 0 Å². The average Bonchev–Trinajstić information content (AvgIpc) is 4.23. The standard InChI is InChI=1S/C59H73N5O2S5/c1-8-10-12-14-16-18-20-22-24-26-32-65-46-36-43(34-38(3)57(46)66-33-27-25-23-21-19-17-15-13-11-9-2)64-44-35-40(5)68-58(44)59-45(64)37-50(70-59)47-30-31-49(69-47)52-54-53(60-41(6)42(7)61-54)51(48-29-28-39(4)67-48)55-56(52)63-71-62-55/h28-31,34-37H,8-27,32-33H2,1-7H3. The summed E-state index contributed by atoms with van der Waals surface area (Å²) in [5.41, 5.74) is 12.2. The van der Waals surface area contributed by atoms with Crippen LogP contribution in [0.5, 0.6) is 11.5 Å². The van der Waals surface area contributed by atoms with Crippen molar-refractivity contribution in [2.45, 2.75) is 177 Å². The molecule has 0 bridgehead atoms. The summed E-state index contributed by atoms with van der Waals surface area (Å²) in [6, 6.07) is 18.2. The minimum atomic E-state index is 0.700. The maximum Gasteiger partial charge on any atom is 0.164 e. The SMILES string of the molecule is CCCCCCCCCCCCOc1cc(-n2c3cc(C)sc3c3sc(-c4ccc(-c5c6nsnc6c(-c6ccc(C)s6)c6nc(C)c(C)nc56)s4)cc32)cc(C)c1OCCCCCCCCCCCC. The van der Waals surface area contributed by atoms with Crippen molar-refractivity contribution in [3.8, 4) is 47.8 Å². The van der Waals surface area contributed by atoms with Crippen LogP contribution in [-0.2, 0) is 0 Å². The van der Waals surface area contributed by atoms with Gasteiger partial charge in [-0.2, -0.15) is 8.75 Å². The second kappa shape index (κ2) is 24.7. The molecule has 9 rings (SSSR count). The minimum Gasteiger partial charge on any atom is -0.490 e. The van der Waals surface area contributed by atoms with Gasteiger partial charge in [-0.05, 0) is 95.5 Å². The third-order valence-electron chi connectivity index (χ3n) is 14.0. The van der Waals surface area contributed by atoms with Crippen LogP contribution in [0.4, 0.5) is 0 Å². The van der Waals surface area contributed by atoms with Gasteiger partial charge in [0.2, 0.25) is 0 Å². The first kappa shape index (κ1) is 51.7. The van der Waals surface area contributed by atoms with Crippen molar-refractivity contribution in [2.75, 3.05) is 13.2 Å². The molecule has 0 aliphatic carbocycles. The normalized spacial score (nSPS) is 12.0. The van der Waals surface area contributed by atoms with Crippen LogP contribution in [0.3, 0.4) is 0 Å². The first-order chi connectivity index (χ1) is 34.7. The monoisotopic (exact) mass is 1040 g/mol. The van der Waals surface area contributed by atoms with Crippen LogP contribution >= 0.6 is 57.1 Å². The summed E-state index contributed by atoms with van der Waals surface area (Å²) in [5.74, 6) is 1.77. The Bertz CT molecular complexity index is 3180. The molecule has 0 saturated heterocycles. The molecular weight excluding hydrogens is 971 g/mol. The van der Waals surface area contributed by atoms with E-state index in [-0.39, 0.29) is 0 Å². The number of benzene rings is 2. The molecule has 0 atom stereocenters. The van der Waals surface area contributed by atoms with Gasteiger partial charge in [0.25, 0.3) is 0 Å². The average molecular weight is 1040 g/mol. The highest BCUT2D eigenvalue weighted by Gasteiger charge is 2.26. The molecule has 71 heavy (non-hydrogen) atoms. The number of aromatic nitrogens is 5. The lowest BCUT2D eigenvalue weighted by Gasteiger charge is -2.18. The maximum atomic E-state index is 6.78.